The number of hydrogen-bond donors (Lipinski definition) is 2. The molecule has 1 aliphatic heterocycles. The molecule has 0 saturated carbocycles. The van der Waals surface area contributed by atoms with Crippen molar-refractivity contribution in [3.8, 4) is 22.8 Å². The lowest BCUT2D eigenvalue weighted by Crippen LogP contribution is -2.32. The molecule has 2 N–H and O–H groups in total. The van der Waals surface area contributed by atoms with Crippen molar-refractivity contribution in [2.24, 2.45) is 0 Å². The van der Waals surface area contributed by atoms with Crippen LogP contribution in [0.4, 0.5) is 4.39 Å². The summed E-state index contributed by atoms with van der Waals surface area (Å²) in [7, 11) is 1.61. The number of nitrogens with zero attached hydrogens (tertiary/aromatic N) is 2. The first-order chi connectivity index (χ1) is 16.5. The minimum atomic E-state index is -0.714. The smallest absolute Gasteiger partial charge is 0.273 e. The fraction of sp³-hybridized carbons (Fsp3) is 0.154. The Morgan fingerprint density at radius 3 is 2.65 bits per heavy atom. The van der Waals surface area contributed by atoms with Gasteiger partial charge in [-0.05, 0) is 48.4 Å². The predicted molar refractivity (Wildman–Crippen MR) is 127 cm³/mol. The van der Waals surface area contributed by atoms with Crippen LogP contribution in [0.1, 0.15) is 33.2 Å². The van der Waals surface area contributed by atoms with E-state index in [9.17, 15) is 9.90 Å². The monoisotopic (exact) mass is 477 g/mol. The number of aromatic hydroxyl groups is 1. The van der Waals surface area contributed by atoms with E-state index in [-0.39, 0.29) is 17.4 Å². The van der Waals surface area contributed by atoms with E-state index in [1.54, 1.807) is 42.3 Å². The van der Waals surface area contributed by atoms with Gasteiger partial charge in [-0.3, -0.25) is 9.89 Å². The lowest BCUT2D eigenvalue weighted by molar-refractivity contribution is 0.0744. The lowest BCUT2D eigenvalue weighted by Gasteiger charge is -2.27. The molecule has 0 radical (unpaired) electrons. The highest BCUT2D eigenvalue weighted by Gasteiger charge is 2.43. The van der Waals surface area contributed by atoms with E-state index in [1.165, 1.54) is 12.1 Å². The number of halogens is 2. The number of hydrogen-bond acceptors (Lipinski definition) is 4. The van der Waals surface area contributed by atoms with E-state index in [0.29, 0.717) is 40.4 Å². The van der Waals surface area contributed by atoms with Crippen LogP contribution in [0.5, 0.6) is 11.5 Å². The normalized spacial score (nSPS) is 15.0. The zero-order valence-electron chi connectivity index (χ0n) is 18.3. The molecule has 0 spiro atoms. The van der Waals surface area contributed by atoms with Gasteiger partial charge in [-0.25, -0.2) is 4.39 Å². The van der Waals surface area contributed by atoms with Crippen LogP contribution < -0.4 is 4.74 Å². The number of aromatic nitrogens is 2. The molecule has 0 saturated heterocycles. The summed E-state index contributed by atoms with van der Waals surface area (Å²) in [5.74, 6) is 0.00877. The molecule has 0 bridgehead atoms. The van der Waals surface area contributed by atoms with E-state index in [2.05, 4.69) is 10.2 Å². The molecule has 3 aromatic carbocycles. The third-order valence-electron chi connectivity index (χ3n) is 6.08. The molecule has 2 heterocycles. The number of benzene rings is 3. The average Bonchev–Trinajstić information content (AvgIpc) is 3.39. The first kappa shape index (κ1) is 22.0. The molecule has 8 heteroatoms. The van der Waals surface area contributed by atoms with Crippen LogP contribution in [0.2, 0.25) is 5.02 Å². The van der Waals surface area contributed by atoms with Crippen molar-refractivity contribution in [2.75, 3.05) is 13.7 Å². The van der Waals surface area contributed by atoms with Crippen molar-refractivity contribution in [3.63, 3.8) is 0 Å². The maximum Gasteiger partial charge on any atom is 0.273 e. The highest BCUT2D eigenvalue weighted by atomic mass is 35.5. The number of phenolic OH excluding ortho intramolecular Hbond substituents is 1. The van der Waals surface area contributed by atoms with Crippen molar-refractivity contribution in [1.29, 1.82) is 0 Å². The van der Waals surface area contributed by atoms with Gasteiger partial charge in [0.1, 0.15) is 28.7 Å². The van der Waals surface area contributed by atoms with Gasteiger partial charge in [0.25, 0.3) is 5.91 Å². The van der Waals surface area contributed by atoms with Gasteiger partial charge in [-0.1, -0.05) is 41.9 Å². The van der Waals surface area contributed by atoms with Gasteiger partial charge in [0, 0.05) is 28.3 Å². The van der Waals surface area contributed by atoms with Crippen LogP contribution in [0.25, 0.3) is 11.3 Å². The zero-order chi connectivity index (χ0) is 23.8. The van der Waals surface area contributed by atoms with Gasteiger partial charge in [-0.2, -0.15) is 5.10 Å². The van der Waals surface area contributed by atoms with Crippen molar-refractivity contribution in [2.45, 2.75) is 12.5 Å². The summed E-state index contributed by atoms with van der Waals surface area (Å²) in [6.07, 6.45) is 0.566. The molecule has 1 aliphatic rings. The van der Waals surface area contributed by atoms with E-state index in [1.807, 2.05) is 24.3 Å². The summed E-state index contributed by atoms with van der Waals surface area (Å²) in [4.78, 5) is 15.1. The Bertz CT molecular complexity index is 1370. The van der Waals surface area contributed by atoms with Gasteiger partial charge in [0.05, 0.1) is 13.2 Å². The van der Waals surface area contributed by atoms with Crippen molar-refractivity contribution in [3.05, 3.63) is 100.0 Å². The topological polar surface area (TPSA) is 78.5 Å². The summed E-state index contributed by atoms with van der Waals surface area (Å²) in [6, 6.07) is 17.9. The third-order valence-corrected chi connectivity index (χ3v) is 6.31. The standard InChI is InChI=1S/C26H21ClFN3O3/c1-34-17-9-6-15(7-10-17)12-13-31-25(18-4-2-3-5-20(18)28)22-23(29-30-24(22)26(31)33)19-14-16(27)8-11-21(19)32/h2-11,14,25,32H,12-13H2,1H3,(H,29,30). The second kappa shape index (κ2) is 8.83. The summed E-state index contributed by atoms with van der Waals surface area (Å²) < 4.78 is 20.2. The minimum absolute atomic E-state index is 0.0323. The van der Waals surface area contributed by atoms with E-state index in [0.717, 1.165) is 11.3 Å². The molecule has 1 unspecified atom stereocenters. The zero-order valence-corrected chi connectivity index (χ0v) is 19.0. The Kier molecular flexibility index (Phi) is 5.71. The summed E-state index contributed by atoms with van der Waals surface area (Å²) in [5.41, 5.74) is 2.90. The highest BCUT2D eigenvalue weighted by molar-refractivity contribution is 6.31. The molecule has 0 aliphatic carbocycles. The number of phenols is 1. The molecule has 1 aromatic heterocycles. The number of carbonyl (C=O) groups excluding carboxylic acids is 1. The number of amides is 1. The van der Waals surface area contributed by atoms with Gasteiger partial charge in [0.15, 0.2) is 0 Å². The molecule has 0 fully saturated rings. The lowest BCUT2D eigenvalue weighted by atomic mass is 9.95. The second-order valence-electron chi connectivity index (χ2n) is 8.04. The number of nitrogens with one attached hydrogen (secondary N) is 1. The van der Waals surface area contributed by atoms with Crippen LogP contribution in [0.3, 0.4) is 0 Å². The molecule has 172 valence electrons. The molecule has 5 rings (SSSR count). The fourth-order valence-corrected chi connectivity index (χ4v) is 4.56. The highest BCUT2D eigenvalue weighted by Crippen LogP contribution is 2.45. The first-order valence-corrected chi connectivity index (χ1v) is 11.1. The molecular formula is C26H21ClFN3O3. The molecule has 1 atom stereocenters. The SMILES string of the molecule is COc1ccc(CCN2C(=O)c3[nH]nc(-c4cc(Cl)ccc4O)c3C2c2ccccc2F)cc1. The van der Waals surface area contributed by atoms with Gasteiger partial charge >= 0.3 is 0 Å². The Morgan fingerprint density at radius 2 is 1.91 bits per heavy atom. The maximum atomic E-state index is 15.0. The molecule has 4 aromatic rings. The number of carbonyl (C=O) groups is 1. The van der Waals surface area contributed by atoms with Gasteiger partial charge in [-0.15, -0.1) is 0 Å². The fourth-order valence-electron chi connectivity index (χ4n) is 4.39. The number of fused-ring (bicyclic) bond motifs is 1. The predicted octanol–water partition coefficient (Wildman–Crippen LogP) is 5.37. The number of methoxy groups -OCH3 is 1. The van der Waals surface area contributed by atoms with E-state index >= 15 is 4.39 Å². The summed E-state index contributed by atoms with van der Waals surface area (Å²) in [6.45, 7) is 0.355. The Labute approximate surface area is 200 Å². The van der Waals surface area contributed by atoms with Crippen LogP contribution in [-0.4, -0.2) is 39.8 Å². The number of H-pyrrole nitrogens is 1. The Morgan fingerprint density at radius 1 is 1.15 bits per heavy atom. The van der Waals surface area contributed by atoms with E-state index < -0.39 is 11.9 Å². The molecule has 6 nitrogen and oxygen atoms in total. The van der Waals surface area contributed by atoms with Crippen molar-refractivity contribution < 1.29 is 19.0 Å². The quantitative estimate of drug-likeness (QED) is 0.391. The second-order valence-corrected chi connectivity index (χ2v) is 8.48. The number of rotatable bonds is 6. The molecule has 34 heavy (non-hydrogen) atoms. The molecule has 1 amide bonds. The Balaban J connectivity index is 1.58. The van der Waals surface area contributed by atoms with Crippen LogP contribution in [0.15, 0.2) is 66.7 Å². The van der Waals surface area contributed by atoms with Crippen LogP contribution in [-0.2, 0) is 6.42 Å². The van der Waals surface area contributed by atoms with Gasteiger partial charge < -0.3 is 14.7 Å². The van der Waals surface area contributed by atoms with E-state index in [4.69, 9.17) is 16.3 Å². The minimum Gasteiger partial charge on any atom is -0.507 e. The summed E-state index contributed by atoms with van der Waals surface area (Å²) >= 11 is 6.16. The maximum absolute atomic E-state index is 15.0. The van der Waals surface area contributed by atoms with Crippen LogP contribution >= 0.6 is 11.6 Å². The third kappa shape index (κ3) is 3.78. The summed E-state index contributed by atoms with van der Waals surface area (Å²) in [5, 5.41) is 18.0. The van der Waals surface area contributed by atoms with Gasteiger partial charge in [0.2, 0.25) is 0 Å². The van der Waals surface area contributed by atoms with Crippen molar-refractivity contribution >= 4 is 17.5 Å². The Hall–Kier alpha value is -3.84. The first-order valence-electron chi connectivity index (χ1n) is 10.7. The average molecular weight is 478 g/mol. The van der Waals surface area contributed by atoms with Crippen molar-refractivity contribution in [1.82, 2.24) is 15.1 Å². The molecular weight excluding hydrogens is 457 g/mol. The van der Waals surface area contributed by atoms with Crippen LogP contribution in [0, 0.1) is 5.82 Å². The number of aromatic amines is 1. The number of ether oxygens (including phenoxy) is 1. The largest absolute Gasteiger partial charge is 0.507 e.